The number of aromatic nitrogens is 3. The largest absolute Gasteiger partial charge is 0.496 e. The summed E-state index contributed by atoms with van der Waals surface area (Å²) in [6, 6.07) is 0. The van der Waals surface area contributed by atoms with Crippen LogP contribution < -0.4 is 4.74 Å². The van der Waals surface area contributed by atoms with Gasteiger partial charge in [-0.05, 0) is 26.7 Å². The topological polar surface area (TPSA) is 83.1 Å². The second-order valence-corrected chi connectivity index (χ2v) is 5.67. The monoisotopic (exact) mass is 302 g/mol. The van der Waals surface area contributed by atoms with E-state index in [0.717, 1.165) is 35.4 Å². The van der Waals surface area contributed by atoms with Crippen LogP contribution in [0.3, 0.4) is 0 Å². The van der Waals surface area contributed by atoms with Crippen LogP contribution in [0.2, 0.25) is 0 Å². The summed E-state index contributed by atoms with van der Waals surface area (Å²) in [4.78, 5) is 15.2. The maximum atomic E-state index is 11.1. The number of hydrogen-bond donors (Lipinski definition) is 0. The second-order valence-electron chi connectivity index (χ2n) is 5.67. The molecule has 0 spiro atoms. The fourth-order valence-electron chi connectivity index (χ4n) is 2.68. The van der Waals surface area contributed by atoms with Gasteiger partial charge in [0.05, 0.1) is 24.3 Å². The SMILES string of the molecule is COc1c(C)cnc(Cn2cc([N+](=O)[O-])c(C3CC3)n2)c1C. The lowest BCUT2D eigenvalue weighted by atomic mass is 10.1. The Morgan fingerprint density at radius 1 is 1.45 bits per heavy atom. The van der Waals surface area contributed by atoms with Crippen molar-refractivity contribution in [1.82, 2.24) is 14.8 Å². The predicted octanol–water partition coefficient (Wildman–Crippen LogP) is 2.74. The molecule has 22 heavy (non-hydrogen) atoms. The van der Waals surface area contributed by atoms with E-state index in [1.807, 2.05) is 13.8 Å². The van der Waals surface area contributed by atoms with Gasteiger partial charge in [-0.15, -0.1) is 0 Å². The molecule has 0 amide bonds. The molecule has 1 saturated carbocycles. The smallest absolute Gasteiger partial charge is 0.310 e. The number of ether oxygens (including phenoxy) is 1. The van der Waals surface area contributed by atoms with Crippen LogP contribution in [0.25, 0.3) is 0 Å². The second kappa shape index (κ2) is 5.40. The average molecular weight is 302 g/mol. The number of nitrogens with zero attached hydrogens (tertiary/aromatic N) is 4. The zero-order valence-corrected chi connectivity index (χ0v) is 12.9. The minimum absolute atomic E-state index is 0.110. The third-order valence-electron chi connectivity index (χ3n) is 3.99. The fraction of sp³-hybridized carbons (Fsp3) is 0.467. The van der Waals surface area contributed by atoms with E-state index in [1.54, 1.807) is 18.0 Å². The van der Waals surface area contributed by atoms with Crippen molar-refractivity contribution in [2.24, 2.45) is 0 Å². The van der Waals surface area contributed by atoms with Crippen molar-refractivity contribution < 1.29 is 9.66 Å². The van der Waals surface area contributed by atoms with Crippen LogP contribution in [-0.2, 0) is 6.54 Å². The molecule has 116 valence electrons. The van der Waals surface area contributed by atoms with Crippen molar-refractivity contribution in [2.45, 2.75) is 39.2 Å². The van der Waals surface area contributed by atoms with Crippen molar-refractivity contribution in [3.63, 3.8) is 0 Å². The Hall–Kier alpha value is -2.44. The summed E-state index contributed by atoms with van der Waals surface area (Å²) in [5.41, 5.74) is 3.42. The molecule has 0 aliphatic heterocycles. The maximum Gasteiger partial charge on any atom is 0.310 e. The first kappa shape index (κ1) is 14.5. The molecule has 0 radical (unpaired) electrons. The minimum Gasteiger partial charge on any atom is -0.496 e. The molecule has 0 aromatic carbocycles. The lowest BCUT2D eigenvalue weighted by Gasteiger charge is -2.12. The summed E-state index contributed by atoms with van der Waals surface area (Å²) in [5, 5.41) is 15.6. The van der Waals surface area contributed by atoms with Crippen molar-refractivity contribution in [3.05, 3.63) is 45.0 Å². The molecular formula is C15H18N4O3. The van der Waals surface area contributed by atoms with Crippen LogP contribution in [-0.4, -0.2) is 26.8 Å². The van der Waals surface area contributed by atoms with E-state index in [9.17, 15) is 10.1 Å². The van der Waals surface area contributed by atoms with Gasteiger partial charge in [0.2, 0.25) is 0 Å². The third kappa shape index (κ3) is 2.54. The molecule has 1 fully saturated rings. The summed E-state index contributed by atoms with van der Waals surface area (Å²) in [5.74, 6) is 1.04. The Bertz CT molecular complexity index is 735. The highest BCUT2D eigenvalue weighted by Gasteiger charge is 2.34. The molecule has 1 aliphatic rings. The van der Waals surface area contributed by atoms with Gasteiger partial charge in [-0.25, -0.2) is 0 Å². The number of methoxy groups -OCH3 is 1. The van der Waals surface area contributed by atoms with Gasteiger partial charge in [0.25, 0.3) is 0 Å². The van der Waals surface area contributed by atoms with E-state index in [-0.39, 0.29) is 16.5 Å². The van der Waals surface area contributed by atoms with Crippen LogP contribution in [0.5, 0.6) is 5.75 Å². The molecular weight excluding hydrogens is 284 g/mol. The normalized spacial score (nSPS) is 14.1. The zero-order chi connectivity index (χ0) is 15.9. The van der Waals surface area contributed by atoms with Gasteiger partial charge in [0.1, 0.15) is 17.6 Å². The van der Waals surface area contributed by atoms with Gasteiger partial charge >= 0.3 is 5.69 Å². The zero-order valence-electron chi connectivity index (χ0n) is 12.9. The molecule has 2 aromatic heterocycles. The molecule has 3 rings (SSSR count). The van der Waals surface area contributed by atoms with Gasteiger partial charge in [-0.3, -0.25) is 19.8 Å². The maximum absolute atomic E-state index is 11.1. The van der Waals surface area contributed by atoms with Gasteiger partial charge in [-0.2, -0.15) is 5.10 Å². The number of hydrogen-bond acceptors (Lipinski definition) is 5. The molecule has 2 heterocycles. The van der Waals surface area contributed by atoms with E-state index >= 15 is 0 Å². The standard InChI is InChI=1S/C15H18N4O3/c1-9-6-16-12(10(2)15(9)22-3)7-18-8-13(19(20)21)14(17-18)11-4-5-11/h6,8,11H,4-5,7H2,1-3H3. The molecule has 2 aromatic rings. The predicted molar refractivity (Wildman–Crippen MR) is 80.2 cm³/mol. The van der Waals surface area contributed by atoms with Crippen molar-refractivity contribution in [2.75, 3.05) is 7.11 Å². The van der Waals surface area contributed by atoms with E-state index in [0.29, 0.717) is 12.2 Å². The van der Waals surface area contributed by atoms with Crippen LogP contribution in [0.4, 0.5) is 5.69 Å². The summed E-state index contributed by atoms with van der Waals surface area (Å²) in [6.07, 6.45) is 5.21. The number of pyridine rings is 1. The van der Waals surface area contributed by atoms with Crippen LogP contribution >= 0.6 is 0 Å². The lowest BCUT2D eigenvalue weighted by molar-refractivity contribution is -0.385. The Balaban J connectivity index is 1.94. The molecule has 0 unspecified atom stereocenters. The van der Waals surface area contributed by atoms with Crippen molar-refractivity contribution in [3.8, 4) is 5.75 Å². The number of rotatable bonds is 5. The average Bonchev–Trinajstić information content (AvgIpc) is 3.23. The van der Waals surface area contributed by atoms with E-state index in [4.69, 9.17) is 4.74 Å². The van der Waals surface area contributed by atoms with Gasteiger partial charge < -0.3 is 4.74 Å². The Kier molecular flexibility index (Phi) is 3.56. The summed E-state index contributed by atoms with van der Waals surface area (Å²) in [6.45, 7) is 4.27. The number of nitro groups is 1. The minimum atomic E-state index is -0.354. The molecule has 0 saturated heterocycles. The number of aryl methyl sites for hydroxylation is 1. The molecule has 0 atom stereocenters. The summed E-state index contributed by atoms with van der Waals surface area (Å²) in [7, 11) is 1.63. The van der Waals surface area contributed by atoms with Gasteiger partial charge in [0, 0.05) is 23.2 Å². The summed E-state index contributed by atoms with van der Waals surface area (Å²) >= 11 is 0. The highest BCUT2D eigenvalue weighted by Crippen LogP contribution is 2.43. The molecule has 7 nitrogen and oxygen atoms in total. The Morgan fingerprint density at radius 2 is 2.18 bits per heavy atom. The van der Waals surface area contributed by atoms with Crippen LogP contribution in [0.1, 0.15) is 41.3 Å². The van der Waals surface area contributed by atoms with Crippen LogP contribution in [0.15, 0.2) is 12.4 Å². The van der Waals surface area contributed by atoms with Crippen molar-refractivity contribution >= 4 is 5.69 Å². The van der Waals surface area contributed by atoms with Gasteiger partial charge in [0.15, 0.2) is 0 Å². The molecule has 7 heteroatoms. The highest BCUT2D eigenvalue weighted by atomic mass is 16.6. The highest BCUT2D eigenvalue weighted by molar-refractivity contribution is 5.42. The van der Waals surface area contributed by atoms with E-state index in [2.05, 4.69) is 10.1 Å². The first-order valence-corrected chi connectivity index (χ1v) is 7.22. The quantitative estimate of drug-likeness (QED) is 0.626. The summed E-state index contributed by atoms with van der Waals surface area (Å²) < 4.78 is 7.00. The molecule has 1 aliphatic carbocycles. The lowest BCUT2D eigenvalue weighted by Crippen LogP contribution is -2.07. The first-order valence-electron chi connectivity index (χ1n) is 7.22. The third-order valence-corrected chi connectivity index (χ3v) is 3.99. The Labute approximate surface area is 128 Å². The molecule has 0 N–H and O–H groups in total. The van der Waals surface area contributed by atoms with Crippen molar-refractivity contribution in [1.29, 1.82) is 0 Å². The first-order chi connectivity index (χ1) is 10.5. The fourth-order valence-corrected chi connectivity index (χ4v) is 2.68. The Morgan fingerprint density at radius 3 is 2.77 bits per heavy atom. The van der Waals surface area contributed by atoms with Crippen LogP contribution in [0, 0.1) is 24.0 Å². The van der Waals surface area contributed by atoms with E-state index < -0.39 is 0 Å². The molecule has 0 bridgehead atoms. The van der Waals surface area contributed by atoms with E-state index in [1.165, 1.54) is 6.20 Å². The van der Waals surface area contributed by atoms with Gasteiger partial charge in [-0.1, -0.05) is 0 Å².